The number of benzene rings is 2. The van der Waals surface area contributed by atoms with Gasteiger partial charge in [0.25, 0.3) is 5.69 Å². The number of hydrogen-bond acceptors (Lipinski definition) is 7. The predicted molar refractivity (Wildman–Crippen MR) is 132 cm³/mol. The second-order valence-electron chi connectivity index (χ2n) is 8.55. The van der Waals surface area contributed by atoms with E-state index in [1.807, 2.05) is 0 Å². The Balaban J connectivity index is 1.39. The van der Waals surface area contributed by atoms with E-state index < -0.39 is 24.0 Å². The second-order valence-corrected chi connectivity index (χ2v) is 11.7. The van der Waals surface area contributed by atoms with E-state index in [0.717, 1.165) is 18.6 Å². The molecule has 186 valence electrons. The molecular weight excluding hydrogens is 493 g/mol. The number of unbranched alkanes of at least 4 members (excludes halogenated alkanes) is 1. The van der Waals surface area contributed by atoms with Gasteiger partial charge in [-0.1, -0.05) is 36.8 Å². The van der Waals surface area contributed by atoms with Crippen molar-refractivity contribution in [3.05, 3.63) is 70.3 Å². The van der Waals surface area contributed by atoms with Gasteiger partial charge >= 0.3 is 13.6 Å². The van der Waals surface area contributed by atoms with Crippen molar-refractivity contribution in [2.45, 2.75) is 48.7 Å². The highest BCUT2D eigenvalue weighted by molar-refractivity contribution is 8.00. The van der Waals surface area contributed by atoms with E-state index in [4.69, 9.17) is 4.52 Å². The smallest absolute Gasteiger partial charge is 0.391 e. The molecule has 2 fully saturated rings. The van der Waals surface area contributed by atoms with Crippen molar-refractivity contribution in [3.8, 4) is 5.75 Å². The number of thioether (sulfide) groups is 1. The van der Waals surface area contributed by atoms with Crippen LogP contribution in [0.3, 0.4) is 0 Å². The first-order valence-corrected chi connectivity index (χ1v) is 14.0. The van der Waals surface area contributed by atoms with Crippen LogP contribution in [0.2, 0.25) is 0 Å². The van der Waals surface area contributed by atoms with E-state index in [-0.39, 0.29) is 41.2 Å². The molecule has 5 atom stereocenters. The van der Waals surface area contributed by atoms with Crippen molar-refractivity contribution >= 4 is 36.9 Å². The van der Waals surface area contributed by atoms with Gasteiger partial charge in [-0.3, -0.25) is 14.9 Å². The van der Waals surface area contributed by atoms with Crippen LogP contribution in [0.1, 0.15) is 36.9 Å². The molecule has 2 aliphatic rings. The van der Waals surface area contributed by atoms with E-state index in [9.17, 15) is 29.2 Å². The molecule has 10 nitrogen and oxygen atoms in total. The summed E-state index contributed by atoms with van der Waals surface area (Å²) in [5, 5.41) is 17.0. The molecule has 2 unspecified atom stereocenters. The number of nitrogens with zero attached hydrogens (tertiary/aromatic N) is 1. The molecule has 35 heavy (non-hydrogen) atoms. The van der Waals surface area contributed by atoms with Crippen LogP contribution in [0, 0.1) is 10.1 Å². The van der Waals surface area contributed by atoms with Gasteiger partial charge in [0.2, 0.25) is 0 Å². The summed E-state index contributed by atoms with van der Waals surface area (Å²) in [4.78, 5) is 45.8. The molecular formula is C23H26N3O7PS. The standard InChI is InChI=1S/C23H26N3O7PS/c27-19(8-4-5-9-20-21-18(14-35-20)24-23(28)25-21)22(15-6-2-1-3-7-15)34(31,32)33-17-12-10-16(11-13-17)26(29)30/h1-3,6-7,10-13,18,20-22H,4-5,8-9,14H2,(H,31,32)(H2,24,25,28)/t18-,20-,21-,22?/m0/s1. The molecule has 0 saturated carbocycles. The minimum absolute atomic E-state index is 0.0322. The van der Waals surface area contributed by atoms with Gasteiger partial charge in [0.15, 0.2) is 11.4 Å². The number of nitro groups is 1. The summed E-state index contributed by atoms with van der Waals surface area (Å²) in [6, 6.07) is 13.2. The number of carbonyl (C=O) groups is 2. The molecule has 0 spiro atoms. The fourth-order valence-electron chi connectivity index (χ4n) is 4.45. The third-order valence-electron chi connectivity index (χ3n) is 6.13. The van der Waals surface area contributed by atoms with Crippen LogP contribution in [-0.4, -0.2) is 44.7 Å². The molecule has 2 aromatic rings. The zero-order chi connectivity index (χ0) is 25.0. The molecule has 2 aliphatic heterocycles. The first-order chi connectivity index (χ1) is 16.7. The molecule has 3 N–H and O–H groups in total. The highest BCUT2D eigenvalue weighted by Gasteiger charge is 2.43. The van der Waals surface area contributed by atoms with Crippen molar-refractivity contribution in [1.82, 2.24) is 10.6 Å². The Hall–Kier alpha value is -2.88. The van der Waals surface area contributed by atoms with E-state index in [1.165, 1.54) is 24.3 Å². The van der Waals surface area contributed by atoms with E-state index in [2.05, 4.69) is 10.6 Å². The van der Waals surface area contributed by atoms with Gasteiger partial charge in [-0.05, 0) is 30.5 Å². The SMILES string of the molecule is O=C1N[C@H]2[C@H](CS[C@H]2CCCCC(=O)C(c2ccccc2)P(=O)(O)Oc2ccc([N+](=O)[O-])cc2)N1. The number of non-ortho nitro benzene ring substituents is 1. The quantitative estimate of drug-likeness (QED) is 0.132. The topological polar surface area (TPSA) is 148 Å². The van der Waals surface area contributed by atoms with Gasteiger partial charge < -0.3 is 20.1 Å². The highest BCUT2D eigenvalue weighted by atomic mass is 32.2. The van der Waals surface area contributed by atoms with Crippen LogP contribution in [0.4, 0.5) is 10.5 Å². The van der Waals surface area contributed by atoms with Crippen LogP contribution in [-0.2, 0) is 9.36 Å². The predicted octanol–water partition coefficient (Wildman–Crippen LogP) is 4.20. The third-order valence-corrected chi connectivity index (χ3v) is 9.35. The number of rotatable bonds is 11. The number of Topliss-reactive ketones (excluding diaryl/α,β-unsaturated/α-hetero) is 1. The number of hydrogen-bond donors (Lipinski definition) is 3. The lowest BCUT2D eigenvalue weighted by Crippen LogP contribution is -2.36. The van der Waals surface area contributed by atoms with Crippen molar-refractivity contribution in [3.63, 3.8) is 0 Å². The normalized spacial score (nSPS) is 23.5. The molecule has 2 saturated heterocycles. The van der Waals surface area contributed by atoms with Gasteiger partial charge in [-0.2, -0.15) is 11.8 Å². The van der Waals surface area contributed by atoms with Crippen LogP contribution < -0.4 is 15.2 Å². The maximum atomic E-state index is 13.3. The number of carbonyl (C=O) groups excluding carboxylic acids is 2. The van der Waals surface area contributed by atoms with Gasteiger partial charge in [-0.15, -0.1) is 0 Å². The Kier molecular flexibility index (Phi) is 7.78. The number of urea groups is 1. The van der Waals surface area contributed by atoms with E-state index in [0.29, 0.717) is 12.0 Å². The first-order valence-electron chi connectivity index (χ1n) is 11.3. The molecule has 4 rings (SSSR count). The van der Waals surface area contributed by atoms with E-state index >= 15 is 0 Å². The Morgan fingerprint density at radius 1 is 1.17 bits per heavy atom. The zero-order valence-electron chi connectivity index (χ0n) is 18.7. The lowest BCUT2D eigenvalue weighted by atomic mass is 10.0. The Labute approximate surface area is 206 Å². The molecule has 0 aromatic heterocycles. The number of nitro benzene ring substituents is 1. The number of ketones is 1. The summed E-state index contributed by atoms with van der Waals surface area (Å²) >= 11 is 1.80. The minimum atomic E-state index is -4.51. The zero-order valence-corrected chi connectivity index (χ0v) is 20.5. The third kappa shape index (κ3) is 6.04. The Morgan fingerprint density at radius 2 is 1.89 bits per heavy atom. The van der Waals surface area contributed by atoms with Crippen LogP contribution in [0.5, 0.6) is 5.75 Å². The Morgan fingerprint density at radius 3 is 2.57 bits per heavy atom. The summed E-state index contributed by atoms with van der Waals surface area (Å²) in [6.07, 6.45) is 2.20. The average molecular weight is 520 g/mol. The van der Waals surface area contributed by atoms with Gasteiger partial charge in [0, 0.05) is 29.6 Å². The first kappa shape index (κ1) is 25.2. The number of nitrogens with one attached hydrogen (secondary N) is 2. The Bertz CT molecular complexity index is 1130. The monoisotopic (exact) mass is 519 g/mol. The average Bonchev–Trinajstić information content (AvgIpc) is 3.36. The van der Waals surface area contributed by atoms with Gasteiger partial charge in [0.1, 0.15) is 5.75 Å². The molecule has 0 bridgehead atoms. The van der Waals surface area contributed by atoms with Crippen molar-refractivity contribution in [2.75, 3.05) is 5.75 Å². The summed E-state index contributed by atoms with van der Waals surface area (Å²) in [5.74, 6) is 0.420. The van der Waals surface area contributed by atoms with Crippen LogP contribution in [0.25, 0.3) is 0 Å². The molecule has 12 heteroatoms. The van der Waals surface area contributed by atoms with Crippen molar-refractivity contribution in [2.24, 2.45) is 0 Å². The summed E-state index contributed by atoms with van der Waals surface area (Å²) in [7, 11) is -4.51. The van der Waals surface area contributed by atoms with Crippen molar-refractivity contribution in [1.29, 1.82) is 0 Å². The molecule has 0 aliphatic carbocycles. The largest absolute Gasteiger partial charge is 0.424 e. The molecule has 2 aromatic carbocycles. The maximum Gasteiger partial charge on any atom is 0.391 e. The minimum Gasteiger partial charge on any atom is -0.424 e. The molecule has 2 heterocycles. The maximum absolute atomic E-state index is 13.3. The van der Waals surface area contributed by atoms with Gasteiger partial charge in [-0.25, -0.2) is 9.36 Å². The number of fused-ring (bicyclic) bond motifs is 1. The summed E-state index contributed by atoms with van der Waals surface area (Å²) in [5.41, 5.74) is -1.18. The molecule has 0 radical (unpaired) electrons. The van der Waals surface area contributed by atoms with Crippen molar-refractivity contribution < 1.29 is 28.5 Å². The van der Waals surface area contributed by atoms with E-state index in [1.54, 1.807) is 42.1 Å². The second kappa shape index (κ2) is 10.8. The summed E-state index contributed by atoms with van der Waals surface area (Å²) < 4.78 is 18.6. The van der Waals surface area contributed by atoms with Crippen LogP contribution >= 0.6 is 19.4 Å². The lowest BCUT2D eigenvalue weighted by molar-refractivity contribution is -0.384. The van der Waals surface area contributed by atoms with Gasteiger partial charge in [0.05, 0.1) is 17.0 Å². The molecule has 2 amide bonds. The fraction of sp³-hybridized carbons (Fsp3) is 0.391. The lowest BCUT2D eigenvalue weighted by Gasteiger charge is -2.23. The summed E-state index contributed by atoms with van der Waals surface area (Å²) in [6.45, 7) is 0. The van der Waals surface area contributed by atoms with Crippen LogP contribution in [0.15, 0.2) is 54.6 Å². The highest BCUT2D eigenvalue weighted by Crippen LogP contribution is 2.57. The fourth-order valence-corrected chi connectivity index (χ4v) is 7.56. The number of amides is 2.